The van der Waals surface area contributed by atoms with Gasteiger partial charge >= 0.3 is 0 Å². The molecule has 1 N–H and O–H groups in total. The lowest BCUT2D eigenvalue weighted by molar-refractivity contribution is 0.171. The Morgan fingerprint density at radius 3 is 2.44 bits per heavy atom. The molecule has 0 unspecified atom stereocenters. The Bertz CT molecular complexity index is 1010. The van der Waals surface area contributed by atoms with Crippen LogP contribution in [-0.2, 0) is 16.6 Å². The molecular formula is C18H18N4O4S. The van der Waals surface area contributed by atoms with E-state index in [1.807, 2.05) is 30.3 Å². The first-order valence-electron chi connectivity index (χ1n) is 8.43. The number of rotatable bonds is 6. The number of nitrogens with zero attached hydrogens (tertiary/aromatic N) is 3. The maximum absolute atomic E-state index is 13.0. The molecule has 4 rings (SSSR count). The van der Waals surface area contributed by atoms with Crippen molar-refractivity contribution in [3.05, 3.63) is 66.5 Å². The standard InChI is InChI=1S/C18H18N4O4S/c23-27(24,15-6-7-17-18(12-15)26-11-10-25-17)21-16(13-22-19-8-9-20-22)14-4-2-1-3-5-14/h1-9,12,16,21H,10-11,13H2/t16-/m1/s1. The summed E-state index contributed by atoms with van der Waals surface area (Å²) in [6, 6.07) is 13.4. The Hall–Kier alpha value is -2.91. The molecule has 1 aromatic heterocycles. The fourth-order valence-corrected chi connectivity index (χ4v) is 4.07. The molecule has 0 saturated heterocycles. The highest BCUT2D eigenvalue weighted by Gasteiger charge is 2.24. The van der Waals surface area contributed by atoms with Crippen molar-refractivity contribution in [1.29, 1.82) is 0 Å². The molecule has 0 bridgehead atoms. The topological polar surface area (TPSA) is 95.3 Å². The van der Waals surface area contributed by atoms with E-state index in [-0.39, 0.29) is 11.4 Å². The number of ether oxygens (including phenoxy) is 2. The molecule has 2 heterocycles. The van der Waals surface area contributed by atoms with E-state index >= 15 is 0 Å². The summed E-state index contributed by atoms with van der Waals surface area (Å²) in [6.45, 7) is 1.10. The zero-order valence-corrected chi connectivity index (χ0v) is 15.2. The Labute approximate surface area is 156 Å². The summed E-state index contributed by atoms with van der Waals surface area (Å²) in [5.41, 5.74) is 0.816. The van der Waals surface area contributed by atoms with Gasteiger partial charge in [-0.2, -0.15) is 15.0 Å². The molecule has 9 heteroatoms. The van der Waals surface area contributed by atoms with Gasteiger partial charge in [-0.15, -0.1) is 0 Å². The largest absolute Gasteiger partial charge is 0.486 e. The van der Waals surface area contributed by atoms with Crippen molar-refractivity contribution in [3.8, 4) is 11.5 Å². The first kappa shape index (κ1) is 17.5. The summed E-state index contributed by atoms with van der Waals surface area (Å²) in [5, 5.41) is 8.15. The van der Waals surface area contributed by atoms with Gasteiger partial charge in [-0.1, -0.05) is 30.3 Å². The van der Waals surface area contributed by atoms with Gasteiger partial charge in [0.15, 0.2) is 11.5 Å². The molecule has 0 saturated carbocycles. The van der Waals surface area contributed by atoms with Crippen LogP contribution in [-0.4, -0.2) is 36.6 Å². The highest BCUT2D eigenvalue weighted by molar-refractivity contribution is 7.89. The second kappa shape index (κ2) is 7.37. The Morgan fingerprint density at radius 1 is 1.00 bits per heavy atom. The van der Waals surface area contributed by atoms with Crippen LogP contribution < -0.4 is 14.2 Å². The third-order valence-corrected chi connectivity index (χ3v) is 5.61. The second-order valence-electron chi connectivity index (χ2n) is 5.97. The van der Waals surface area contributed by atoms with Crippen molar-refractivity contribution < 1.29 is 17.9 Å². The van der Waals surface area contributed by atoms with Gasteiger partial charge in [-0.3, -0.25) is 0 Å². The summed E-state index contributed by atoms with van der Waals surface area (Å²) >= 11 is 0. The first-order chi connectivity index (χ1) is 13.1. The van der Waals surface area contributed by atoms with Crippen molar-refractivity contribution >= 4 is 10.0 Å². The van der Waals surface area contributed by atoms with Gasteiger partial charge in [0, 0.05) is 6.07 Å². The monoisotopic (exact) mass is 386 g/mol. The maximum atomic E-state index is 13.0. The van der Waals surface area contributed by atoms with Crippen LogP contribution in [0.1, 0.15) is 11.6 Å². The molecule has 1 aliphatic rings. The van der Waals surface area contributed by atoms with Crippen LogP contribution in [0.5, 0.6) is 11.5 Å². The number of sulfonamides is 1. The summed E-state index contributed by atoms with van der Waals surface area (Å²) < 4.78 is 39.6. The lowest BCUT2D eigenvalue weighted by Crippen LogP contribution is -2.32. The quantitative estimate of drug-likeness (QED) is 0.694. The van der Waals surface area contributed by atoms with Gasteiger partial charge in [0.05, 0.1) is 29.9 Å². The van der Waals surface area contributed by atoms with Crippen LogP contribution in [0.2, 0.25) is 0 Å². The summed E-state index contributed by atoms with van der Waals surface area (Å²) in [7, 11) is -3.80. The predicted octanol–water partition coefficient (Wildman–Crippen LogP) is 1.77. The molecule has 3 aromatic rings. The Balaban J connectivity index is 1.63. The highest BCUT2D eigenvalue weighted by Crippen LogP contribution is 2.32. The molecule has 140 valence electrons. The van der Waals surface area contributed by atoms with E-state index in [1.54, 1.807) is 18.5 Å². The van der Waals surface area contributed by atoms with Gasteiger partial charge in [0.2, 0.25) is 10.0 Å². The van der Waals surface area contributed by atoms with E-state index in [0.717, 1.165) is 5.56 Å². The number of aromatic nitrogens is 3. The smallest absolute Gasteiger partial charge is 0.241 e. The normalized spacial score (nSPS) is 14.7. The molecule has 1 aliphatic heterocycles. The molecule has 8 nitrogen and oxygen atoms in total. The molecule has 0 amide bonds. The zero-order valence-electron chi connectivity index (χ0n) is 14.4. The second-order valence-corrected chi connectivity index (χ2v) is 7.69. The zero-order chi connectivity index (χ0) is 18.7. The van der Waals surface area contributed by atoms with E-state index in [1.165, 1.54) is 16.9 Å². The minimum atomic E-state index is -3.80. The SMILES string of the molecule is O=S(=O)(N[C@H](Cn1nccn1)c1ccccc1)c1ccc2c(c1)OCCO2. The summed E-state index contributed by atoms with van der Waals surface area (Å²) in [4.78, 5) is 1.56. The molecule has 0 radical (unpaired) electrons. The number of hydrogen-bond donors (Lipinski definition) is 1. The molecule has 0 aliphatic carbocycles. The molecule has 0 spiro atoms. The molecule has 0 fully saturated rings. The summed E-state index contributed by atoms with van der Waals surface area (Å²) in [5.74, 6) is 0.967. The van der Waals surface area contributed by atoms with Gasteiger partial charge in [-0.05, 0) is 17.7 Å². The number of nitrogens with one attached hydrogen (secondary N) is 1. The van der Waals surface area contributed by atoms with Gasteiger partial charge in [-0.25, -0.2) is 13.1 Å². The van der Waals surface area contributed by atoms with Crippen LogP contribution in [0.15, 0.2) is 65.8 Å². The van der Waals surface area contributed by atoms with Crippen LogP contribution in [0.4, 0.5) is 0 Å². The van der Waals surface area contributed by atoms with E-state index in [9.17, 15) is 8.42 Å². The highest BCUT2D eigenvalue weighted by atomic mass is 32.2. The molecule has 27 heavy (non-hydrogen) atoms. The van der Waals surface area contributed by atoms with Crippen molar-refractivity contribution in [3.63, 3.8) is 0 Å². The Kier molecular flexibility index (Phi) is 4.78. The minimum absolute atomic E-state index is 0.112. The minimum Gasteiger partial charge on any atom is -0.486 e. The van der Waals surface area contributed by atoms with Crippen LogP contribution >= 0.6 is 0 Å². The number of fused-ring (bicyclic) bond motifs is 1. The van der Waals surface area contributed by atoms with Crippen LogP contribution in [0.25, 0.3) is 0 Å². The van der Waals surface area contributed by atoms with Crippen molar-refractivity contribution in [1.82, 2.24) is 19.7 Å². The third kappa shape index (κ3) is 3.93. The fourth-order valence-electron chi connectivity index (χ4n) is 2.84. The molecule has 1 atom stereocenters. The van der Waals surface area contributed by atoms with Crippen LogP contribution in [0, 0.1) is 0 Å². The average Bonchev–Trinajstić information content (AvgIpc) is 3.21. The predicted molar refractivity (Wildman–Crippen MR) is 97.0 cm³/mol. The molecular weight excluding hydrogens is 368 g/mol. The fraction of sp³-hybridized carbons (Fsp3) is 0.222. The van der Waals surface area contributed by atoms with Crippen molar-refractivity contribution in [2.75, 3.05) is 13.2 Å². The van der Waals surface area contributed by atoms with Crippen molar-refractivity contribution in [2.24, 2.45) is 0 Å². The first-order valence-corrected chi connectivity index (χ1v) is 9.91. The maximum Gasteiger partial charge on any atom is 0.241 e. The molecule has 2 aromatic carbocycles. The summed E-state index contributed by atoms with van der Waals surface area (Å²) in [6.07, 6.45) is 3.11. The third-order valence-electron chi connectivity index (χ3n) is 4.14. The van der Waals surface area contributed by atoms with Crippen molar-refractivity contribution in [2.45, 2.75) is 17.5 Å². The van der Waals surface area contributed by atoms with Gasteiger partial charge in [0.25, 0.3) is 0 Å². The van der Waals surface area contributed by atoms with Gasteiger partial charge in [0.1, 0.15) is 13.2 Å². The van der Waals surface area contributed by atoms with E-state index < -0.39 is 16.1 Å². The van der Waals surface area contributed by atoms with E-state index in [0.29, 0.717) is 24.7 Å². The van der Waals surface area contributed by atoms with Crippen LogP contribution in [0.3, 0.4) is 0 Å². The van der Waals surface area contributed by atoms with E-state index in [4.69, 9.17) is 9.47 Å². The van der Waals surface area contributed by atoms with E-state index in [2.05, 4.69) is 14.9 Å². The average molecular weight is 386 g/mol. The Morgan fingerprint density at radius 2 is 1.70 bits per heavy atom. The number of benzene rings is 2. The number of hydrogen-bond acceptors (Lipinski definition) is 6. The van der Waals surface area contributed by atoms with Gasteiger partial charge < -0.3 is 9.47 Å². The lowest BCUT2D eigenvalue weighted by Gasteiger charge is -2.21. The lowest BCUT2D eigenvalue weighted by atomic mass is 10.1.